The maximum Gasteiger partial charge on any atom is 2.00 e. The summed E-state index contributed by atoms with van der Waals surface area (Å²) in [6, 6.07) is 16.6. The van der Waals surface area contributed by atoms with Crippen molar-refractivity contribution in [2.45, 2.75) is 33.1 Å². The number of rotatable bonds is 3. The van der Waals surface area contributed by atoms with Crippen LogP contribution in [0.4, 0.5) is 0 Å². The van der Waals surface area contributed by atoms with Crippen LogP contribution in [-0.4, -0.2) is 0 Å². The van der Waals surface area contributed by atoms with E-state index in [1.165, 1.54) is 24.8 Å². The zero-order valence-corrected chi connectivity index (χ0v) is 11.2. The molecule has 0 N–H and O–H groups in total. The first kappa shape index (κ1) is 15.2. The van der Waals surface area contributed by atoms with Gasteiger partial charge in [-0.05, 0) is 0 Å². The van der Waals surface area contributed by atoms with Gasteiger partial charge in [0, 0.05) is 0 Å². The molecule has 0 heterocycles. The van der Waals surface area contributed by atoms with Crippen LogP contribution in [0.25, 0.3) is 0 Å². The standard InChI is InChI=1S/C10H15.C5H5.Fe/c1-3-6-10-8-5-7-9(10)4-2;1-2-4-5-3-1;/h5,7-8H,3-4,6H2,1-2H3;1-5H;/q2*-1;+2. The Kier molecular flexibility index (Phi) is 8.99. The molecule has 16 heavy (non-hydrogen) atoms. The summed E-state index contributed by atoms with van der Waals surface area (Å²) in [6.45, 7) is 4.45. The Labute approximate surface area is 110 Å². The third-order valence-corrected chi connectivity index (χ3v) is 2.46. The van der Waals surface area contributed by atoms with Gasteiger partial charge in [0.2, 0.25) is 0 Å². The van der Waals surface area contributed by atoms with Crippen molar-refractivity contribution >= 4 is 0 Å². The summed E-state index contributed by atoms with van der Waals surface area (Å²) in [4.78, 5) is 0. The Balaban J connectivity index is 0.000000318. The molecule has 1 heteroatoms. The van der Waals surface area contributed by atoms with Crippen LogP contribution in [0, 0.1) is 0 Å². The fourth-order valence-electron chi connectivity index (χ4n) is 1.67. The van der Waals surface area contributed by atoms with Gasteiger partial charge < -0.3 is 0 Å². The molecule has 0 radical (unpaired) electrons. The summed E-state index contributed by atoms with van der Waals surface area (Å²) in [7, 11) is 0. The second kappa shape index (κ2) is 9.45. The summed E-state index contributed by atoms with van der Waals surface area (Å²) in [6.07, 6.45) is 3.69. The number of hydrogen-bond acceptors (Lipinski definition) is 0. The first-order valence-corrected chi connectivity index (χ1v) is 5.78. The minimum atomic E-state index is 0. The predicted molar refractivity (Wildman–Crippen MR) is 67.4 cm³/mol. The second-order valence-electron chi connectivity index (χ2n) is 3.64. The molecule has 0 bridgehead atoms. The van der Waals surface area contributed by atoms with Crippen molar-refractivity contribution in [2.24, 2.45) is 0 Å². The van der Waals surface area contributed by atoms with Crippen molar-refractivity contribution in [1.29, 1.82) is 0 Å². The molecule has 2 rings (SSSR count). The van der Waals surface area contributed by atoms with E-state index in [0.717, 1.165) is 0 Å². The molecule has 0 amide bonds. The molecule has 2 aromatic rings. The van der Waals surface area contributed by atoms with Crippen LogP contribution in [-0.2, 0) is 29.9 Å². The average Bonchev–Trinajstić information content (AvgIpc) is 2.92. The van der Waals surface area contributed by atoms with Crippen LogP contribution in [0.2, 0.25) is 0 Å². The van der Waals surface area contributed by atoms with E-state index in [1.54, 1.807) is 5.56 Å². The molecule has 0 spiro atoms. The van der Waals surface area contributed by atoms with Crippen molar-refractivity contribution in [3.8, 4) is 0 Å². The summed E-state index contributed by atoms with van der Waals surface area (Å²) < 4.78 is 0. The van der Waals surface area contributed by atoms with Gasteiger partial charge in [-0.15, -0.1) is 0 Å². The van der Waals surface area contributed by atoms with Crippen LogP contribution in [0.1, 0.15) is 31.4 Å². The molecule has 0 nitrogen and oxygen atoms in total. The Bertz CT molecular complexity index is 313. The average molecular weight is 256 g/mol. The molecule has 0 atom stereocenters. The first-order chi connectivity index (χ1) is 7.38. The van der Waals surface area contributed by atoms with Crippen LogP contribution in [0.3, 0.4) is 0 Å². The van der Waals surface area contributed by atoms with Gasteiger partial charge in [-0.25, -0.2) is 18.2 Å². The van der Waals surface area contributed by atoms with Crippen molar-refractivity contribution in [2.75, 3.05) is 0 Å². The quantitative estimate of drug-likeness (QED) is 0.566. The molecule has 0 saturated heterocycles. The van der Waals surface area contributed by atoms with Gasteiger partial charge in [-0.1, -0.05) is 33.1 Å². The van der Waals surface area contributed by atoms with Crippen LogP contribution >= 0.6 is 0 Å². The van der Waals surface area contributed by atoms with Gasteiger partial charge in [0.1, 0.15) is 0 Å². The van der Waals surface area contributed by atoms with Crippen LogP contribution < -0.4 is 0 Å². The second-order valence-corrected chi connectivity index (χ2v) is 3.64. The topological polar surface area (TPSA) is 0 Å². The first-order valence-electron chi connectivity index (χ1n) is 5.78. The van der Waals surface area contributed by atoms with Gasteiger partial charge >= 0.3 is 17.1 Å². The van der Waals surface area contributed by atoms with E-state index in [4.69, 9.17) is 0 Å². The zero-order chi connectivity index (χ0) is 10.9. The summed E-state index contributed by atoms with van der Waals surface area (Å²) in [5.41, 5.74) is 3.08. The van der Waals surface area contributed by atoms with Crippen molar-refractivity contribution in [1.82, 2.24) is 0 Å². The fraction of sp³-hybridized carbons (Fsp3) is 0.333. The molecular weight excluding hydrogens is 236 g/mol. The Morgan fingerprint density at radius 1 is 1.06 bits per heavy atom. The minimum absolute atomic E-state index is 0. The molecule has 0 fully saturated rings. The number of aryl methyl sites for hydroxylation is 2. The Morgan fingerprint density at radius 3 is 2.19 bits per heavy atom. The summed E-state index contributed by atoms with van der Waals surface area (Å²) >= 11 is 0. The zero-order valence-electron chi connectivity index (χ0n) is 10.1. The number of hydrogen-bond donors (Lipinski definition) is 0. The van der Waals surface area contributed by atoms with Crippen LogP contribution in [0.15, 0.2) is 48.5 Å². The predicted octanol–water partition coefficient (Wildman–Crippen LogP) is 4.32. The Hall–Kier alpha value is -0.781. The Morgan fingerprint density at radius 2 is 1.75 bits per heavy atom. The van der Waals surface area contributed by atoms with E-state index in [0.29, 0.717) is 0 Å². The van der Waals surface area contributed by atoms with Crippen molar-refractivity contribution in [3.05, 3.63) is 59.7 Å². The molecule has 88 valence electrons. The fourth-order valence-corrected chi connectivity index (χ4v) is 1.67. The van der Waals surface area contributed by atoms with E-state index >= 15 is 0 Å². The molecule has 0 saturated carbocycles. The van der Waals surface area contributed by atoms with Gasteiger partial charge in [-0.3, -0.25) is 0 Å². The van der Waals surface area contributed by atoms with E-state index in [2.05, 4.69) is 32.0 Å². The summed E-state index contributed by atoms with van der Waals surface area (Å²) in [5.74, 6) is 0. The largest absolute Gasteiger partial charge is 2.00 e. The smallest absolute Gasteiger partial charge is 0.214 e. The van der Waals surface area contributed by atoms with Crippen molar-refractivity contribution < 1.29 is 17.1 Å². The van der Waals surface area contributed by atoms with Gasteiger partial charge in [0.25, 0.3) is 0 Å². The molecule has 0 aliphatic carbocycles. The molecule has 0 aliphatic rings. The minimum Gasteiger partial charge on any atom is -0.214 e. The third kappa shape index (κ3) is 5.34. The van der Waals surface area contributed by atoms with E-state index in [9.17, 15) is 0 Å². The third-order valence-electron chi connectivity index (χ3n) is 2.46. The molecule has 2 aromatic carbocycles. The van der Waals surface area contributed by atoms with Crippen molar-refractivity contribution in [3.63, 3.8) is 0 Å². The SMILES string of the molecule is CCCc1cc[cH-]c1CC.[Fe+2].c1cc[cH-]c1. The van der Waals surface area contributed by atoms with Gasteiger partial charge in [-0.2, -0.15) is 41.5 Å². The monoisotopic (exact) mass is 256 g/mol. The maximum atomic E-state index is 2.24. The molecule has 0 aromatic heterocycles. The summed E-state index contributed by atoms with van der Waals surface area (Å²) in [5, 5.41) is 0. The molecular formula is C15H20Fe. The van der Waals surface area contributed by atoms with E-state index in [1.807, 2.05) is 30.3 Å². The molecule has 0 unspecified atom stereocenters. The van der Waals surface area contributed by atoms with E-state index < -0.39 is 0 Å². The maximum absolute atomic E-state index is 2.24. The van der Waals surface area contributed by atoms with Crippen LogP contribution in [0.5, 0.6) is 0 Å². The van der Waals surface area contributed by atoms with Gasteiger partial charge in [0.05, 0.1) is 0 Å². The van der Waals surface area contributed by atoms with E-state index in [-0.39, 0.29) is 17.1 Å². The normalized spacial score (nSPS) is 8.88. The molecule has 0 aliphatic heterocycles. The van der Waals surface area contributed by atoms with Gasteiger partial charge in [0.15, 0.2) is 0 Å².